The maximum Gasteiger partial charge on any atom is 0.273 e. The lowest BCUT2D eigenvalue weighted by Gasteiger charge is -2.26. The van der Waals surface area contributed by atoms with Crippen LogP contribution in [-0.2, 0) is 16.4 Å². The number of nitro benzene ring substituents is 1. The standard InChI is InChI=1S/C10H11ClN2O4S/c11-8-1-2-10(13(14)15)7(3-8)4-12-9-5-18(16,17)6-9/h1-3,9,12H,4-6H2. The van der Waals surface area contributed by atoms with Crippen LogP contribution in [0, 0.1) is 10.1 Å². The molecule has 1 aromatic rings. The summed E-state index contributed by atoms with van der Waals surface area (Å²) in [6.07, 6.45) is 0. The van der Waals surface area contributed by atoms with Gasteiger partial charge in [0.05, 0.1) is 16.4 Å². The van der Waals surface area contributed by atoms with E-state index < -0.39 is 14.8 Å². The third-order valence-corrected chi connectivity index (χ3v) is 4.79. The molecule has 18 heavy (non-hydrogen) atoms. The number of sulfone groups is 1. The summed E-state index contributed by atoms with van der Waals surface area (Å²) in [5, 5.41) is 14.2. The lowest BCUT2D eigenvalue weighted by atomic mass is 10.1. The van der Waals surface area contributed by atoms with Crippen LogP contribution in [0.1, 0.15) is 5.56 Å². The van der Waals surface area contributed by atoms with Crippen LogP contribution in [0.2, 0.25) is 5.02 Å². The van der Waals surface area contributed by atoms with Gasteiger partial charge in [0.25, 0.3) is 5.69 Å². The van der Waals surface area contributed by atoms with Crippen LogP contribution in [0.15, 0.2) is 18.2 Å². The van der Waals surface area contributed by atoms with E-state index in [9.17, 15) is 18.5 Å². The minimum absolute atomic E-state index is 0.0194. The van der Waals surface area contributed by atoms with Crippen LogP contribution in [0.5, 0.6) is 0 Å². The van der Waals surface area contributed by atoms with Crippen molar-refractivity contribution in [1.29, 1.82) is 0 Å². The highest BCUT2D eigenvalue weighted by Gasteiger charge is 2.33. The Bertz CT molecular complexity index is 576. The van der Waals surface area contributed by atoms with Crippen molar-refractivity contribution in [2.24, 2.45) is 0 Å². The smallest absolute Gasteiger partial charge is 0.273 e. The Morgan fingerprint density at radius 1 is 1.44 bits per heavy atom. The molecule has 1 fully saturated rings. The molecular weight excluding hydrogens is 280 g/mol. The summed E-state index contributed by atoms with van der Waals surface area (Å²) in [4.78, 5) is 10.3. The number of hydrogen-bond acceptors (Lipinski definition) is 5. The van der Waals surface area contributed by atoms with Crippen LogP contribution in [-0.4, -0.2) is 30.9 Å². The number of nitrogens with zero attached hydrogens (tertiary/aromatic N) is 1. The molecule has 8 heteroatoms. The quantitative estimate of drug-likeness (QED) is 0.663. The van der Waals surface area contributed by atoms with Gasteiger partial charge in [-0.05, 0) is 12.1 Å². The highest BCUT2D eigenvalue weighted by Crippen LogP contribution is 2.23. The van der Waals surface area contributed by atoms with E-state index in [0.717, 1.165) is 0 Å². The minimum Gasteiger partial charge on any atom is -0.308 e. The Kier molecular flexibility index (Phi) is 3.56. The molecule has 6 nitrogen and oxygen atoms in total. The average Bonchev–Trinajstić information content (AvgIpc) is 2.22. The Hall–Kier alpha value is -1.18. The molecule has 2 rings (SSSR count). The van der Waals surface area contributed by atoms with Gasteiger partial charge in [-0.1, -0.05) is 11.6 Å². The van der Waals surface area contributed by atoms with E-state index in [0.29, 0.717) is 10.6 Å². The van der Waals surface area contributed by atoms with Gasteiger partial charge in [0.1, 0.15) is 0 Å². The molecule has 1 N–H and O–H groups in total. The molecule has 1 aromatic carbocycles. The van der Waals surface area contributed by atoms with Crippen LogP contribution >= 0.6 is 11.6 Å². The topological polar surface area (TPSA) is 89.3 Å². The third-order valence-electron chi connectivity index (χ3n) is 2.73. The van der Waals surface area contributed by atoms with Gasteiger partial charge in [0.15, 0.2) is 9.84 Å². The van der Waals surface area contributed by atoms with Crippen LogP contribution in [0.4, 0.5) is 5.69 Å². The zero-order chi connectivity index (χ0) is 13.3. The van der Waals surface area contributed by atoms with Crippen LogP contribution in [0.3, 0.4) is 0 Å². The van der Waals surface area contributed by atoms with E-state index in [1.54, 1.807) is 0 Å². The summed E-state index contributed by atoms with van der Waals surface area (Å²) >= 11 is 5.78. The minimum atomic E-state index is -2.89. The summed E-state index contributed by atoms with van der Waals surface area (Å²) in [7, 11) is -2.89. The second-order valence-electron chi connectivity index (χ2n) is 4.18. The number of halogens is 1. The maximum absolute atomic E-state index is 11.0. The SMILES string of the molecule is O=[N+]([O-])c1ccc(Cl)cc1CNC1CS(=O)(=O)C1. The molecule has 1 saturated heterocycles. The normalized spacial score (nSPS) is 18.3. The first kappa shape index (κ1) is 13.3. The zero-order valence-corrected chi connectivity index (χ0v) is 10.9. The largest absolute Gasteiger partial charge is 0.308 e. The van der Waals surface area contributed by atoms with Crippen molar-refractivity contribution in [3.8, 4) is 0 Å². The average molecular weight is 291 g/mol. The van der Waals surface area contributed by atoms with E-state index in [-0.39, 0.29) is 29.8 Å². The molecule has 0 atom stereocenters. The van der Waals surface area contributed by atoms with E-state index in [1.807, 2.05) is 0 Å². The molecule has 1 heterocycles. The fourth-order valence-electron chi connectivity index (χ4n) is 1.81. The zero-order valence-electron chi connectivity index (χ0n) is 9.30. The lowest BCUT2D eigenvalue weighted by molar-refractivity contribution is -0.385. The fraction of sp³-hybridized carbons (Fsp3) is 0.400. The van der Waals surface area contributed by atoms with Crippen molar-refractivity contribution in [2.75, 3.05) is 11.5 Å². The molecule has 0 amide bonds. The summed E-state index contributed by atoms with van der Waals surface area (Å²) < 4.78 is 21.9. The predicted molar refractivity (Wildman–Crippen MR) is 67.4 cm³/mol. The molecule has 1 aliphatic rings. The highest BCUT2D eigenvalue weighted by atomic mass is 35.5. The van der Waals surface area contributed by atoms with Gasteiger partial charge in [-0.15, -0.1) is 0 Å². The van der Waals surface area contributed by atoms with Crippen molar-refractivity contribution in [1.82, 2.24) is 5.32 Å². The third kappa shape index (κ3) is 2.98. The maximum atomic E-state index is 11.0. The number of benzene rings is 1. The monoisotopic (exact) mass is 290 g/mol. The second-order valence-corrected chi connectivity index (χ2v) is 6.78. The number of nitro groups is 1. The first-order valence-corrected chi connectivity index (χ1v) is 7.44. The number of rotatable bonds is 4. The summed E-state index contributed by atoms with van der Waals surface area (Å²) in [6.45, 7) is 0.233. The van der Waals surface area contributed by atoms with Crippen molar-refractivity contribution in [3.05, 3.63) is 38.9 Å². The van der Waals surface area contributed by atoms with Gasteiger partial charge < -0.3 is 5.32 Å². The van der Waals surface area contributed by atoms with Gasteiger partial charge in [-0.2, -0.15) is 0 Å². The van der Waals surface area contributed by atoms with Crippen molar-refractivity contribution >= 4 is 27.1 Å². The van der Waals surface area contributed by atoms with Crippen molar-refractivity contribution in [2.45, 2.75) is 12.6 Å². The summed E-state index contributed by atoms with van der Waals surface area (Å²) in [5.41, 5.74) is 0.436. The molecule has 0 aliphatic carbocycles. The van der Waals surface area contributed by atoms with Gasteiger partial charge in [-0.25, -0.2) is 8.42 Å². The molecule has 0 bridgehead atoms. The second kappa shape index (κ2) is 4.83. The number of nitrogens with one attached hydrogen (secondary N) is 1. The Balaban J connectivity index is 2.05. The lowest BCUT2D eigenvalue weighted by Crippen LogP contribution is -2.50. The first-order chi connectivity index (χ1) is 8.37. The number of hydrogen-bond donors (Lipinski definition) is 1. The van der Waals surface area contributed by atoms with Gasteiger partial charge in [0.2, 0.25) is 0 Å². The Morgan fingerprint density at radius 3 is 2.67 bits per heavy atom. The van der Waals surface area contributed by atoms with E-state index >= 15 is 0 Å². The van der Waals surface area contributed by atoms with E-state index in [1.165, 1.54) is 18.2 Å². The molecule has 1 aliphatic heterocycles. The molecular formula is C10H11ClN2O4S. The molecule has 0 unspecified atom stereocenters. The van der Waals surface area contributed by atoms with Gasteiger partial charge >= 0.3 is 0 Å². The predicted octanol–water partition coefficient (Wildman–Crippen LogP) is 1.13. The fourth-order valence-corrected chi connectivity index (χ4v) is 3.37. The molecule has 0 aromatic heterocycles. The first-order valence-electron chi connectivity index (χ1n) is 5.24. The molecule has 98 valence electrons. The van der Waals surface area contributed by atoms with Crippen LogP contribution in [0.25, 0.3) is 0 Å². The van der Waals surface area contributed by atoms with Gasteiger partial charge in [-0.3, -0.25) is 10.1 Å². The Labute approximate surface area is 109 Å². The molecule has 0 saturated carbocycles. The van der Waals surface area contributed by atoms with E-state index in [2.05, 4.69) is 5.32 Å². The Morgan fingerprint density at radius 2 is 2.11 bits per heavy atom. The summed E-state index contributed by atoms with van der Waals surface area (Å²) in [6, 6.07) is 4.18. The highest BCUT2D eigenvalue weighted by molar-refractivity contribution is 7.92. The van der Waals surface area contributed by atoms with Crippen molar-refractivity contribution < 1.29 is 13.3 Å². The molecule has 0 spiro atoms. The van der Waals surface area contributed by atoms with E-state index in [4.69, 9.17) is 11.6 Å². The van der Waals surface area contributed by atoms with Gasteiger partial charge in [0, 0.05) is 29.2 Å². The van der Waals surface area contributed by atoms with Crippen LogP contribution < -0.4 is 5.32 Å². The summed E-state index contributed by atoms with van der Waals surface area (Å²) in [5.74, 6) is 0.169. The molecule has 0 radical (unpaired) electrons. The van der Waals surface area contributed by atoms with Crippen molar-refractivity contribution in [3.63, 3.8) is 0 Å².